The molecule has 8 heteroatoms. The topological polar surface area (TPSA) is 95.0 Å². The predicted molar refractivity (Wildman–Crippen MR) is 83.8 cm³/mol. The first-order valence-corrected chi connectivity index (χ1v) is 7.85. The third-order valence-electron chi connectivity index (χ3n) is 4.30. The van der Waals surface area contributed by atoms with Crippen LogP contribution in [0.1, 0.15) is 29.8 Å². The Hall–Kier alpha value is -1.99. The van der Waals surface area contributed by atoms with Crippen molar-refractivity contribution in [1.29, 1.82) is 0 Å². The summed E-state index contributed by atoms with van der Waals surface area (Å²) >= 11 is 6.10. The number of rotatable bonds is 3. The van der Waals surface area contributed by atoms with Crippen LogP contribution in [-0.4, -0.2) is 49.6 Å². The lowest BCUT2D eigenvalue weighted by molar-refractivity contribution is -0.135. The maximum Gasteiger partial charge on any atom is 0.226 e. The third-order valence-corrected chi connectivity index (χ3v) is 4.70. The number of benzene rings is 1. The van der Waals surface area contributed by atoms with Crippen molar-refractivity contribution >= 4 is 17.5 Å². The van der Waals surface area contributed by atoms with Gasteiger partial charge >= 0.3 is 0 Å². The lowest BCUT2D eigenvalue weighted by atomic mass is 9.90. The van der Waals surface area contributed by atoms with Crippen molar-refractivity contribution in [3.05, 3.63) is 40.2 Å². The average Bonchev–Trinajstić information content (AvgIpc) is 3.07. The Kier molecular flexibility index (Phi) is 4.32. The normalized spacial score (nSPS) is 17.3. The summed E-state index contributed by atoms with van der Waals surface area (Å²) in [6.45, 7) is 2.85. The van der Waals surface area contributed by atoms with Gasteiger partial charge in [0.1, 0.15) is 5.60 Å². The number of nitrogens with one attached hydrogen (secondary N) is 1. The van der Waals surface area contributed by atoms with Gasteiger partial charge in [0.15, 0.2) is 0 Å². The number of nitrogens with zero attached hydrogens (tertiary/aromatic N) is 4. The first-order chi connectivity index (χ1) is 11.0. The summed E-state index contributed by atoms with van der Waals surface area (Å²) in [6, 6.07) is 5.66. The Bertz CT molecular complexity index is 696. The van der Waals surface area contributed by atoms with Crippen molar-refractivity contribution in [2.24, 2.45) is 0 Å². The molecule has 1 aromatic heterocycles. The zero-order valence-electron chi connectivity index (χ0n) is 12.8. The van der Waals surface area contributed by atoms with Crippen LogP contribution in [-0.2, 0) is 16.8 Å². The molecule has 1 aromatic carbocycles. The van der Waals surface area contributed by atoms with E-state index in [-0.39, 0.29) is 11.7 Å². The smallest absolute Gasteiger partial charge is 0.226 e. The number of aromatic nitrogens is 4. The van der Waals surface area contributed by atoms with Gasteiger partial charge in [0.25, 0.3) is 0 Å². The van der Waals surface area contributed by atoms with Crippen LogP contribution in [0.25, 0.3) is 0 Å². The van der Waals surface area contributed by atoms with Crippen molar-refractivity contribution < 1.29 is 9.90 Å². The lowest BCUT2D eigenvalue weighted by Gasteiger charge is -2.36. The van der Waals surface area contributed by atoms with E-state index in [1.165, 1.54) is 0 Å². The third kappa shape index (κ3) is 3.35. The molecule has 7 nitrogen and oxygen atoms in total. The van der Waals surface area contributed by atoms with Crippen molar-refractivity contribution in [3.8, 4) is 0 Å². The summed E-state index contributed by atoms with van der Waals surface area (Å²) in [4.78, 5) is 14.2. The fourth-order valence-corrected chi connectivity index (χ4v) is 2.94. The van der Waals surface area contributed by atoms with Gasteiger partial charge in [-0.3, -0.25) is 4.79 Å². The zero-order valence-corrected chi connectivity index (χ0v) is 13.5. The van der Waals surface area contributed by atoms with Crippen LogP contribution in [0.15, 0.2) is 18.2 Å². The van der Waals surface area contributed by atoms with Crippen LogP contribution in [0.3, 0.4) is 0 Å². The molecular formula is C15H18ClN5O2. The molecule has 0 atom stereocenters. The standard InChI is InChI=1S/C15H18ClN5O2/c1-10-2-3-11(8-12(10)16)9-13(22)21-6-4-15(23,5-7-21)14-17-19-20-18-14/h2-3,8,23H,4-7,9H2,1H3,(H,17,18,19,20). The first-order valence-electron chi connectivity index (χ1n) is 7.47. The van der Waals surface area contributed by atoms with E-state index >= 15 is 0 Å². The number of carbonyl (C=O) groups excluding carboxylic acids is 1. The fraction of sp³-hybridized carbons (Fsp3) is 0.467. The Morgan fingerprint density at radius 3 is 2.78 bits per heavy atom. The van der Waals surface area contributed by atoms with E-state index in [0.29, 0.717) is 37.4 Å². The Morgan fingerprint density at radius 1 is 1.43 bits per heavy atom. The Labute approximate surface area is 138 Å². The number of likely N-dealkylation sites (tertiary alicyclic amines) is 1. The minimum Gasteiger partial charge on any atom is -0.382 e. The summed E-state index contributed by atoms with van der Waals surface area (Å²) in [5.74, 6) is 0.315. The quantitative estimate of drug-likeness (QED) is 0.879. The van der Waals surface area contributed by atoms with E-state index < -0.39 is 5.60 Å². The van der Waals surface area contributed by atoms with E-state index in [9.17, 15) is 9.90 Å². The highest BCUT2D eigenvalue weighted by molar-refractivity contribution is 6.31. The molecule has 1 aliphatic rings. The zero-order chi connectivity index (χ0) is 16.4. The van der Waals surface area contributed by atoms with Crippen molar-refractivity contribution in [2.45, 2.75) is 31.8 Å². The van der Waals surface area contributed by atoms with Crippen molar-refractivity contribution in [1.82, 2.24) is 25.5 Å². The monoisotopic (exact) mass is 335 g/mol. The van der Waals surface area contributed by atoms with Crippen LogP contribution in [0.2, 0.25) is 5.02 Å². The second kappa shape index (κ2) is 6.25. The molecule has 1 fully saturated rings. The van der Waals surface area contributed by atoms with E-state index in [2.05, 4.69) is 20.6 Å². The second-order valence-corrected chi connectivity index (χ2v) is 6.32. The van der Waals surface area contributed by atoms with Crippen molar-refractivity contribution in [2.75, 3.05) is 13.1 Å². The molecule has 0 bridgehead atoms. The molecule has 0 spiro atoms. The molecule has 0 unspecified atom stereocenters. The molecule has 122 valence electrons. The largest absolute Gasteiger partial charge is 0.382 e. The fourth-order valence-electron chi connectivity index (χ4n) is 2.74. The number of aryl methyl sites for hydroxylation is 1. The molecule has 2 N–H and O–H groups in total. The Balaban J connectivity index is 1.61. The number of piperidine rings is 1. The van der Waals surface area contributed by atoms with E-state index in [0.717, 1.165) is 11.1 Å². The van der Waals surface area contributed by atoms with Gasteiger partial charge in [-0.2, -0.15) is 5.21 Å². The number of carbonyl (C=O) groups is 1. The number of tetrazole rings is 1. The molecule has 0 aliphatic carbocycles. The first kappa shape index (κ1) is 15.9. The molecule has 2 heterocycles. The SMILES string of the molecule is Cc1ccc(CC(=O)N2CCC(O)(c3nn[nH]n3)CC2)cc1Cl. The van der Waals surface area contributed by atoms with Crippen molar-refractivity contribution in [3.63, 3.8) is 0 Å². The Morgan fingerprint density at radius 2 is 2.17 bits per heavy atom. The number of aromatic amines is 1. The number of H-pyrrole nitrogens is 1. The summed E-state index contributed by atoms with van der Waals surface area (Å²) in [5, 5.41) is 24.7. The minimum absolute atomic E-state index is 0.0279. The van der Waals surface area contributed by atoms with Gasteiger partial charge in [-0.1, -0.05) is 28.9 Å². The number of hydrogen-bond acceptors (Lipinski definition) is 5. The van der Waals surface area contributed by atoms with E-state index in [1.807, 2.05) is 25.1 Å². The van der Waals surface area contributed by atoms with Gasteiger partial charge in [0.2, 0.25) is 11.7 Å². The summed E-state index contributed by atoms with van der Waals surface area (Å²) < 4.78 is 0. The molecule has 23 heavy (non-hydrogen) atoms. The molecule has 1 amide bonds. The summed E-state index contributed by atoms with van der Waals surface area (Å²) in [5.41, 5.74) is 0.771. The number of aliphatic hydroxyl groups is 1. The molecule has 1 aliphatic heterocycles. The van der Waals surface area contributed by atoms with E-state index in [1.54, 1.807) is 4.90 Å². The molecule has 3 rings (SSSR count). The summed E-state index contributed by atoms with van der Waals surface area (Å²) in [6.07, 6.45) is 1.10. The van der Waals surface area contributed by atoms with Gasteiger partial charge in [0, 0.05) is 31.0 Å². The maximum absolute atomic E-state index is 12.4. The van der Waals surface area contributed by atoms with Gasteiger partial charge in [-0.05, 0) is 24.1 Å². The molecular weight excluding hydrogens is 318 g/mol. The molecule has 2 aromatic rings. The van der Waals surface area contributed by atoms with E-state index in [4.69, 9.17) is 11.6 Å². The number of halogens is 1. The highest BCUT2D eigenvalue weighted by atomic mass is 35.5. The number of amides is 1. The van der Waals surface area contributed by atoms with Gasteiger partial charge in [-0.15, -0.1) is 10.2 Å². The highest BCUT2D eigenvalue weighted by Gasteiger charge is 2.38. The number of hydrogen-bond donors (Lipinski definition) is 2. The molecule has 1 saturated heterocycles. The van der Waals surface area contributed by atoms with Crippen LogP contribution in [0.5, 0.6) is 0 Å². The average molecular weight is 336 g/mol. The van der Waals surface area contributed by atoms with Crippen LogP contribution in [0, 0.1) is 6.92 Å². The van der Waals surface area contributed by atoms with Crippen LogP contribution >= 0.6 is 11.6 Å². The van der Waals surface area contributed by atoms with Crippen LogP contribution < -0.4 is 0 Å². The minimum atomic E-state index is -1.11. The lowest BCUT2D eigenvalue weighted by Crippen LogP contribution is -2.46. The maximum atomic E-state index is 12.4. The second-order valence-electron chi connectivity index (χ2n) is 5.91. The van der Waals surface area contributed by atoms with Crippen LogP contribution in [0.4, 0.5) is 0 Å². The predicted octanol–water partition coefficient (Wildman–Crippen LogP) is 1.21. The van der Waals surface area contributed by atoms with Gasteiger partial charge in [-0.25, -0.2) is 0 Å². The molecule has 0 saturated carbocycles. The summed E-state index contributed by atoms with van der Waals surface area (Å²) in [7, 11) is 0. The van der Waals surface area contributed by atoms with Gasteiger partial charge in [0.05, 0.1) is 6.42 Å². The van der Waals surface area contributed by atoms with Gasteiger partial charge < -0.3 is 10.0 Å². The highest BCUT2D eigenvalue weighted by Crippen LogP contribution is 2.30. The molecule has 0 radical (unpaired) electrons.